The van der Waals surface area contributed by atoms with Gasteiger partial charge in [0, 0.05) is 24.5 Å². The summed E-state index contributed by atoms with van der Waals surface area (Å²) in [6, 6.07) is 12.8. The second-order valence-electron chi connectivity index (χ2n) is 4.69. The summed E-state index contributed by atoms with van der Waals surface area (Å²) in [5, 5.41) is 10.3. The van der Waals surface area contributed by atoms with Crippen LogP contribution in [0.3, 0.4) is 0 Å². The van der Waals surface area contributed by atoms with Crippen molar-refractivity contribution in [1.82, 2.24) is 20.5 Å². The number of nitrogens with zero attached hydrogens (tertiary/aromatic N) is 2. The number of hydrogen-bond acceptors (Lipinski definition) is 3. The lowest BCUT2D eigenvalue weighted by Crippen LogP contribution is -2.23. The van der Waals surface area contributed by atoms with E-state index < -0.39 is 0 Å². The topological polar surface area (TPSA) is 70.7 Å². The highest BCUT2D eigenvalue weighted by molar-refractivity contribution is 6.33. The molecule has 5 nitrogen and oxygen atoms in total. The highest BCUT2D eigenvalue weighted by Crippen LogP contribution is 2.26. The van der Waals surface area contributed by atoms with Gasteiger partial charge in [0.1, 0.15) is 5.69 Å². The van der Waals surface area contributed by atoms with Crippen LogP contribution in [0, 0.1) is 0 Å². The van der Waals surface area contributed by atoms with E-state index in [1.165, 1.54) is 0 Å². The zero-order chi connectivity index (χ0) is 15.4. The fourth-order valence-electron chi connectivity index (χ4n) is 2.03. The maximum atomic E-state index is 12.1. The third kappa shape index (κ3) is 3.15. The number of aromatic amines is 1. The van der Waals surface area contributed by atoms with Crippen LogP contribution in [0.5, 0.6) is 0 Å². The highest BCUT2D eigenvalue weighted by Gasteiger charge is 2.12. The molecule has 22 heavy (non-hydrogen) atoms. The van der Waals surface area contributed by atoms with Crippen LogP contribution in [-0.4, -0.2) is 21.1 Å². The van der Waals surface area contributed by atoms with Crippen LogP contribution in [0.4, 0.5) is 0 Å². The Bertz CT molecular complexity index is 786. The van der Waals surface area contributed by atoms with Gasteiger partial charge < -0.3 is 5.32 Å². The van der Waals surface area contributed by atoms with Gasteiger partial charge in [-0.15, -0.1) is 0 Å². The molecule has 1 aromatic carbocycles. The first-order valence-corrected chi connectivity index (χ1v) is 7.09. The van der Waals surface area contributed by atoms with Gasteiger partial charge in [0.05, 0.1) is 10.7 Å². The van der Waals surface area contributed by atoms with E-state index in [9.17, 15) is 4.79 Å². The zero-order valence-electron chi connectivity index (χ0n) is 11.6. The number of benzene rings is 1. The van der Waals surface area contributed by atoms with E-state index in [1.54, 1.807) is 24.5 Å². The molecule has 0 bridgehead atoms. The lowest BCUT2D eigenvalue weighted by Gasteiger charge is -2.02. The molecule has 0 fully saturated rings. The van der Waals surface area contributed by atoms with E-state index in [0.717, 1.165) is 11.1 Å². The van der Waals surface area contributed by atoms with Crippen molar-refractivity contribution in [2.24, 2.45) is 0 Å². The number of hydrogen-bond donors (Lipinski definition) is 2. The fourth-order valence-corrected chi connectivity index (χ4v) is 2.26. The third-order valence-electron chi connectivity index (χ3n) is 3.15. The number of carbonyl (C=O) groups excluding carboxylic acids is 1. The minimum Gasteiger partial charge on any atom is -0.347 e. The van der Waals surface area contributed by atoms with Crippen LogP contribution in [0.1, 0.15) is 16.1 Å². The number of carbonyl (C=O) groups is 1. The van der Waals surface area contributed by atoms with Gasteiger partial charge in [-0.25, -0.2) is 0 Å². The summed E-state index contributed by atoms with van der Waals surface area (Å²) in [5.41, 5.74) is 2.74. The molecule has 3 rings (SSSR count). The second-order valence-corrected chi connectivity index (χ2v) is 5.10. The van der Waals surface area contributed by atoms with Crippen molar-refractivity contribution in [2.45, 2.75) is 6.54 Å². The van der Waals surface area contributed by atoms with E-state index >= 15 is 0 Å². The minimum absolute atomic E-state index is 0.227. The molecule has 0 aliphatic rings. The molecule has 2 N–H and O–H groups in total. The van der Waals surface area contributed by atoms with Crippen molar-refractivity contribution in [2.75, 3.05) is 0 Å². The largest absolute Gasteiger partial charge is 0.347 e. The lowest BCUT2D eigenvalue weighted by molar-refractivity contribution is 0.0946. The van der Waals surface area contributed by atoms with E-state index in [2.05, 4.69) is 20.5 Å². The number of halogens is 1. The summed E-state index contributed by atoms with van der Waals surface area (Å²) in [5.74, 6) is -0.227. The molecule has 110 valence electrons. The number of amides is 1. The number of H-pyrrole nitrogens is 1. The Morgan fingerprint density at radius 2 is 2.09 bits per heavy atom. The van der Waals surface area contributed by atoms with Crippen LogP contribution < -0.4 is 5.32 Å². The summed E-state index contributed by atoms with van der Waals surface area (Å²) < 4.78 is 0. The van der Waals surface area contributed by atoms with Gasteiger partial charge in [-0.05, 0) is 23.8 Å². The zero-order valence-corrected chi connectivity index (χ0v) is 12.3. The van der Waals surface area contributed by atoms with Crippen LogP contribution in [0.15, 0.2) is 54.9 Å². The van der Waals surface area contributed by atoms with Gasteiger partial charge in [-0.2, -0.15) is 5.10 Å². The molecule has 0 unspecified atom stereocenters. The SMILES string of the molecule is O=C(NCc1cccnc1)c1cc(-c2ccccc2Cl)n[nH]1. The molecule has 0 radical (unpaired) electrons. The fraction of sp³-hybridized carbons (Fsp3) is 0.0625. The highest BCUT2D eigenvalue weighted by atomic mass is 35.5. The average Bonchev–Trinajstić information content (AvgIpc) is 3.04. The van der Waals surface area contributed by atoms with Crippen molar-refractivity contribution in [3.8, 4) is 11.3 Å². The molecule has 6 heteroatoms. The molecule has 0 saturated heterocycles. The first-order valence-electron chi connectivity index (χ1n) is 6.71. The molecule has 0 aliphatic carbocycles. The molecular weight excluding hydrogens is 300 g/mol. The Morgan fingerprint density at radius 1 is 1.23 bits per heavy atom. The summed E-state index contributed by atoms with van der Waals surface area (Å²) in [4.78, 5) is 16.1. The standard InChI is InChI=1S/C16H13ClN4O/c17-13-6-2-1-5-12(13)14-8-15(21-20-14)16(22)19-10-11-4-3-7-18-9-11/h1-9H,10H2,(H,19,22)(H,20,21). The molecular formula is C16H13ClN4O. The van der Waals surface area contributed by atoms with Crippen LogP contribution in [-0.2, 0) is 6.54 Å². The maximum absolute atomic E-state index is 12.1. The molecule has 0 spiro atoms. The summed E-state index contributed by atoms with van der Waals surface area (Å²) in [7, 11) is 0. The van der Waals surface area contributed by atoms with Crippen molar-refractivity contribution < 1.29 is 4.79 Å². The molecule has 2 heterocycles. The molecule has 0 atom stereocenters. The van der Waals surface area contributed by atoms with Crippen LogP contribution in [0.2, 0.25) is 5.02 Å². The number of aromatic nitrogens is 3. The van der Waals surface area contributed by atoms with E-state index in [-0.39, 0.29) is 5.91 Å². The van der Waals surface area contributed by atoms with Crippen molar-refractivity contribution in [1.29, 1.82) is 0 Å². The van der Waals surface area contributed by atoms with Crippen molar-refractivity contribution >= 4 is 17.5 Å². The van der Waals surface area contributed by atoms with Gasteiger partial charge >= 0.3 is 0 Å². The Kier molecular flexibility index (Phi) is 4.16. The first kappa shape index (κ1) is 14.3. The Balaban J connectivity index is 1.71. The summed E-state index contributed by atoms with van der Waals surface area (Å²) in [6.45, 7) is 0.410. The molecule has 0 aliphatic heterocycles. The van der Waals surface area contributed by atoms with E-state index in [1.807, 2.05) is 30.3 Å². The first-order chi connectivity index (χ1) is 10.7. The molecule has 3 aromatic rings. The number of nitrogens with one attached hydrogen (secondary N) is 2. The monoisotopic (exact) mass is 312 g/mol. The molecule has 0 saturated carbocycles. The van der Waals surface area contributed by atoms with Gasteiger partial charge in [-0.3, -0.25) is 14.9 Å². The quantitative estimate of drug-likeness (QED) is 0.778. The summed E-state index contributed by atoms with van der Waals surface area (Å²) >= 11 is 6.13. The van der Waals surface area contributed by atoms with Crippen LogP contribution in [0.25, 0.3) is 11.3 Å². The Labute approximate surface area is 132 Å². The van der Waals surface area contributed by atoms with E-state index in [4.69, 9.17) is 11.6 Å². The molecule has 1 amide bonds. The van der Waals surface area contributed by atoms with Gasteiger partial charge in [0.25, 0.3) is 5.91 Å². The number of rotatable bonds is 4. The van der Waals surface area contributed by atoms with Crippen LogP contribution >= 0.6 is 11.6 Å². The van der Waals surface area contributed by atoms with Gasteiger partial charge in [0.15, 0.2) is 0 Å². The number of pyridine rings is 1. The van der Waals surface area contributed by atoms with Crippen molar-refractivity contribution in [3.63, 3.8) is 0 Å². The van der Waals surface area contributed by atoms with Gasteiger partial charge in [0.2, 0.25) is 0 Å². The Morgan fingerprint density at radius 3 is 2.86 bits per heavy atom. The average molecular weight is 313 g/mol. The molecule has 2 aromatic heterocycles. The second kappa shape index (κ2) is 6.41. The maximum Gasteiger partial charge on any atom is 0.269 e. The summed E-state index contributed by atoms with van der Waals surface area (Å²) in [6.07, 6.45) is 3.40. The predicted molar refractivity (Wildman–Crippen MR) is 84.4 cm³/mol. The van der Waals surface area contributed by atoms with Crippen molar-refractivity contribution in [3.05, 3.63) is 71.1 Å². The predicted octanol–water partition coefficient (Wildman–Crippen LogP) is 3.06. The normalized spacial score (nSPS) is 10.4. The Hall–Kier alpha value is -2.66. The lowest BCUT2D eigenvalue weighted by atomic mass is 10.1. The van der Waals surface area contributed by atoms with Gasteiger partial charge in [-0.1, -0.05) is 35.9 Å². The third-order valence-corrected chi connectivity index (χ3v) is 3.48. The van der Waals surface area contributed by atoms with E-state index in [0.29, 0.717) is 23.0 Å². The minimum atomic E-state index is -0.227. The smallest absolute Gasteiger partial charge is 0.269 e.